The summed E-state index contributed by atoms with van der Waals surface area (Å²) in [5.74, 6) is 0.456. The molecule has 1 aromatic heterocycles. The molecular formula is C20H21N. The lowest BCUT2D eigenvalue weighted by molar-refractivity contribution is 0.865. The molecule has 2 aromatic carbocycles. The van der Waals surface area contributed by atoms with E-state index in [-0.39, 0.29) is 0 Å². The van der Waals surface area contributed by atoms with Gasteiger partial charge in [0.25, 0.3) is 0 Å². The fourth-order valence-corrected chi connectivity index (χ4v) is 2.92. The van der Waals surface area contributed by atoms with Gasteiger partial charge >= 0.3 is 0 Å². The Morgan fingerprint density at radius 3 is 2.19 bits per heavy atom. The third kappa shape index (κ3) is 2.69. The highest BCUT2D eigenvalue weighted by Crippen LogP contribution is 2.31. The molecule has 3 rings (SSSR count). The Hall–Kier alpha value is -2.15. The zero-order chi connectivity index (χ0) is 15.0. The van der Waals surface area contributed by atoms with Gasteiger partial charge < -0.3 is 0 Å². The van der Waals surface area contributed by atoms with Crippen molar-refractivity contribution in [1.29, 1.82) is 0 Å². The van der Waals surface area contributed by atoms with Crippen LogP contribution in [0.1, 0.15) is 36.5 Å². The Bertz CT molecular complexity index is 780. The summed E-state index contributed by atoms with van der Waals surface area (Å²) < 4.78 is 0. The first-order valence-electron chi connectivity index (χ1n) is 7.53. The monoisotopic (exact) mass is 275 g/mol. The van der Waals surface area contributed by atoms with E-state index in [1.165, 1.54) is 27.6 Å². The van der Waals surface area contributed by atoms with Crippen LogP contribution in [0.2, 0.25) is 0 Å². The molecule has 0 aliphatic rings. The highest BCUT2D eigenvalue weighted by atomic mass is 14.7. The number of nitrogens with zero attached hydrogens (tertiary/aromatic N) is 1. The molecule has 0 saturated carbocycles. The van der Waals surface area contributed by atoms with Crippen LogP contribution in [-0.4, -0.2) is 4.98 Å². The van der Waals surface area contributed by atoms with Crippen LogP contribution >= 0.6 is 0 Å². The topological polar surface area (TPSA) is 12.9 Å². The maximum absolute atomic E-state index is 4.95. The summed E-state index contributed by atoms with van der Waals surface area (Å²) in [6, 6.07) is 17.3. The van der Waals surface area contributed by atoms with Gasteiger partial charge in [0, 0.05) is 10.9 Å². The molecule has 0 radical (unpaired) electrons. The van der Waals surface area contributed by atoms with Gasteiger partial charge in [-0.15, -0.1) is 0 Å². The Morgan fingerprint density at radius 1 is 0.857 bits per heavy atom. The summed E-state index contributed by atoms with van der Waals surface area (Å²) in [5.41, 5.74) is 7.30. The zero-order valence-electron chi connectivity index (χ0n) is 13.1. The van der Waals surface area contributed by atoms with Crippen molar-refractivity contribution in [2.45, 2.75) is 33.6 Å². The molecule has 21 heavy (non-hydrogen) atoms. The van der Waals surface area contributed by atoms with E-state index in [4.69, 9.17) is 4.98 Å². The first kappa shape index (κ1) is 13.8. The van der Waals surface area contributed by atoms with Crippen molar-refractivity contribution in [3.8, 4) is 11.3 Å². The van der Waals surface area contributed by atoms with E-state index < -0.39 is 0 Å². The summed E-state index contributed by atoms with van der Waals surface area (Å²) >= 11 is 0. The average molecular weight is 275 g/mol. The summed E-state index contributed by atoms with van der Waals surface area (Å²) in [5, 5.41) is 1.22. The predicted octanol–water partition coefficient (Wildman–Crippen LogP) is 5.64. The minimum absolute atomic E-state index is 0.456. The van der Waals surface area contributed by atoms with Gasteiger partial charge in [-0.25, -0.2) is 4.98 Å². The van der Waals surface area contributed by atoms with Crippen LogP contribution in [0.5, 0.6) is 0 Å². The zero-order valence-corrected chi connectivity index (χ0v) is 13.1. The number of benzene rings is 2. The Labute approximate surface area is 126 Å². The largest absolute Gasteiger partial charge is 0.247 e. The third-order valence-corrected chi connectivity index (χ3v) is 3.87. The maximum Gasteiger partial charge on any atom is 0.0744 e. The van der Waals surface area contributed by atoms with Crippen LogP contribution in [-0.2, 0) is 0 Å². The average Bonchev–Trinajstić information content (AvgIpc) is 2.44. The van der Waals surface area contributed by atoms with E-state index in [9.17, 15) is 0 Å². The molecule has 1 nitrogen and oxygen atoms in total. The second-order valence-corrected chi connectivity index (χ2v) is 6.15. The molecule has 0 bridgehead atoms. The molecule has 0 saturated heterocycles. The number of hydrogen-bond donors (Lipinski definition) is 0. The van der Waals surface area contributed by atoms with E-state index in [1.54, 1.807) is 0 Å². The van der Waals surface area contributed by atoms with E-state index >= 15 is 0 Å². The third-order valence-electron chi connectivity index (χ3n) is 3.87. The van der Waals surface area contributed by atoms with Crippen LogP contribution in [0.4, 0.5) is 0 Å². The molecule has 3 aromatic rings. The molecule has 0 amide bonds. The smallest absolute Gasteiger partial charge is 0.0744 e. The molecule has 0 unspecified atom stereocenters. The fraction of sp³-hybridized carbons (Fsp3) is 0.250. The van der Waals surface area contributed by atoms with Gasteiger partial charge in [0.15, 0.2) is 0 Å². The van der Waals surface area contributed by atoms with Crippen LogP contribution in [0.15, 0.2) is 48.5 Å². The molecule has 0 N–H and O–H groups in total. The van der Waals surface area contributed by atoms with E-state index in [0.29, 0.717) is 5.92 Å². The maximum atomic E-state index is 4.95. The predicted molar refractivity (Wildman–Crippen MR) is 90.7 cm³/mol. The fourth-order valence-electron chi connectivity index (χ4n) is 2.92. The van der Waals surface area contributed by atoms with Crippen molar-refractivity contribution >= 4 is 10.9 Å². The Kier molecular flexibility index (Phi) is 3.50. The van der Waals surface area contributed by atoms with Gasteiger partial charge in [-0.05, 0) is 49.6 Å². The molecule has 0 atom stereocenters. The quantitative estimate of drug-likeness (QED) is 0.589. The molecule has 0 fully saturated rings. The van der Waals surface area contributed by atoms with Gasteiger partial charge in [-0.2, -0.15) is 0 Å². The highest BCUT2D eigenvalue weighted by molar-refractivity contribution is 5.83. The van der Waals surface area contributed by atoms with Crippen molar-refractivity contribution in [2.24, 2.45) is 0 Å². The molecular weight excluding hydrogens is 254 g/mol. The first-order valence-corrected chi connectivity index (χ1v) is 7.53. The van der Waals surface area contributed by atoms with E-state index in [1.807, 2.05) is 0 Å². The summed E-state index contributed by atoms with van der Waals surface area (Å²) in [6.45, 7) is 8.76. The normalized spacial score (nSPS) is 11.3. The number of aromatic nitrogens is 1. The van der Waals surface area contributed by atoms with Crippen LogP contribution in [0.3, 0.4) is 0 Å². The SMILES string of the molecule is Cc1cc(C)cc(-c2nc3ccccc3cc2C(C)C)c1. The minimum atomic E-state index is 0.456. The first-order chi connectivity index (χ1) is 10.0. The van der Waals surface area contributed by atoms with Crippen molar-refractivity contribution < 1.29 is 0 Å². The van der Waals surface area contributed by atoms with Crippen LogP contribution < -0.4 is 0 Å². The minimum Gasteiger partial charge on any atom is -0.247 e. The van der Waals surface area contributed by atoms with E-state index in [0.717, 1.165) is 11.2 Å². The lowest BCUT2D eigenvalue weighted by Crippen LogP contribution is -1.97. The standard InChI is InChI=1S/C20H21N/c1-13(2)18-12-16-7-5-6-8-19(16)21-20(18)17-10-14(3)9-15(4)11-17/h5-13H,1-4H3. The lowest BCUT2D eigenvalue weighted by atomic mass is 9.94. The van der Waals surface area contributed by atoms with Crippen molar-refractivity contribution in [2.75, 3.05) is 0 Å². The lowest BCUT2D eigenvalue weighted by Gasteiger charge is -2.15. The number of aryl methyl sites for hydroxylation is 2. The second kappa shape index (κ2) is 5.33. The van der Waals surface area contributed by atoms with Crippen LogP contribution in [0.25, 0.3) is 22.2 Å². The summed E-state index contributed by atoms with van der Waals surface area (Å²) in [6.07, 6.45) is 0. The van der Waals surface area contributed by atoms with Gasteiger partial charge in [0.2, 0.25) is 0 Å². The van der Waals surface area contributed by atoms with Crippen molar-refractivity contribution in [3.63, 3.8) is 0 Å². The molecule has 0 spiro atoms. The van der Waals surface area contributed by atoms with Gasteiger partial charge in [0.1, 0.15) is 0 Å². The summed E-state index contributed by atoms with van der Waals surface area (Å²) in [4.78, 5) is 4.95. The molecule has 1 heteroatoms. The van der Waals surface area contributed by atoms with Crippen LogP contribution in [0, 0.1) is 13.8 Å². The number of hydrogen-bond acceptors (Lipinski definition) is 1. The molecule has 0 aliphatic carbocycles. The number of rotatable bonds is 2. The Morgan fingerprint density at radius 2 is 1.52 bits per heavy atom. The molecule has 1 heterocycles. The van der Waals surface area contributed by atoms with Crippen molar-refractivity contribution in [3.05, 3.63) is 65.2 Å². The molecule has 0 aliphatic heterocycles. The van der Waals surface area contributed by atoms with Gasteiger partial charge in [0.05, 0.1) is 11.2 Å². The Balaban J connectivity index is 2.31. The van der Waals surface area contributed by atoms with Gasteiger partial charge in [-0.3, -0.25) is 0 Å². The van der Waals surface area contributed by atoms with E-state index in [2.05, 4.69) is 76.2 Å². The number of para-hydroxylation sites is 1. The highest BCUT2D eigenvalue weighted by Gasteiger charge is 2.12. The number of fused-ring (bicyclic) bond motifs is 1. The molecule has 106 valence electrons. The van der Waals surface area contributed by atoms with Gasteiger partial charge in [-0.1, -0.05) is 49.2 Å². The second-order valence-electron chi connectivity index (χ2n) is 6.15. The summed E-state index contributed by atoms with van der Waals surface area (Å²) in [7, 11) is 0. The number of pyridine rings is 1. The van der Waals surface area contributed by atoms with Crippen molar-refractivity contribution in [1.82, 2.24) is 4.98 Å².